The van der Waals surface area contributed by atoms with Gasteiger partial charge in [0.2, 0.25) is 15.9 Å². The molecule has 1 heterocycles. The number of nitrogens with one attached hydrogen (secondary N) is 1. The Balaban J connectivity index is 0.00000112. The summed E-state index contributed by atoms with van der Waals surface area (Å²) in [5, 5.41) is 0.874. The van der Waals surface area contributed by atoms with Gasteiger partial charge in [0.25, 0.3) is 0 Å². The molecule has 2 rings (SSSR count). The molecule has 0 fully saturated rings. The number of para-hydroxylation sites is 1. The first-order valence-electron chi connectivity index (χ1n) is 4.01. The summed E-state index contributed by atoms with van der Waals surface area (Å²) < 4.78 is 29.3. The monoisotopic (exact) mass is 247 g/mol. The number of hydrogen-bond donors (Lipinski definition) is 1. The quantitative estimate of drug-likeness (QED) is 0.885. The molecule has 0 unspecified atom stereocenters. The summed E-state index contributed by atoms with van der Waals surface area (Å²) in [6.07, 6.45) is 1.08. The first-order valence-corrected chi connectivity index (χ1v) is 5.90. The minimum Gasteiger partial charge on any atom is -0.440 e. The molecule has 0 aliphatic heterocycles. The predicted octanol–water partition coefficient (Wildman–Crippen LogP) is 2.23. The molecule has 0 aliphatic carbocycles. The van der Waals surface area contributed by atoms with Crippen LogP contribution in [0.4, 0.5) is 5.88 Å². The summed E-state index contributed by atoms with van der Waals surface area (Å²) in [4.78, 5) is 0. The molecule has 6 heteroatoms. The van der Waals surface area contributed by atoms with Crippen molar-refractivity contribution in [2.45, 2.75) is 0 Å². The van der Waals surface area contributed by atoms with E-state index in [0.717, 1.165) is 11.6 Å². The lowest BCUT2D eigenvalue weighted by Gasteiger charge is -1.96. The van der Waals surface area contributed by atoms with Crippen molar-refractivity contribution in [2.24, 2.45) is 0 Å². The molecule has 1 N–H and O–H groups in total. The number of furan rings is 1. The fraction of sp³-hybridized carbons (Fsp3) is 0.111. The van der Waals surface area contributed by atoms with Gasteiger partial charge in [0.05, 0.1) is 6.26 Å². The zero-order valence-corrected chi connectivity index (χ0v) is 9.56. The molecule has 15 heavy (non-hydrogen) atoms. The summed E-state index contributed by atoms with van der Waals surface area (Å²) in [6.45, 7) is 0. The Morgan fingerprint density at radius 1 is 1.27 bits per heavy atom. The molecule has 0 saturated heterocycles. The van der Waals surface area contributed by atoms with Gasteiger partial charge in [-0.1, -0.05) is 18.2 Å². The van der Waals surface area contributed by atoms with Crippen LogP contribution in [-0.4, -0.2) is 14.7 Å². The molecule has 1 aromatic carbocycles. The molecule has 0 spiro atoms. The summed E-state index contributed by atoms with van der Waals surface area (Å²) in [5.74, 6) is 0.244. The van der Waals surface area contributed by atoms with Gasteiger partial charge in [-0.15, -0.1) is 12.4 Å². The fourth-order valence-electron chi connectivity index (χ4n) is 1.21. The van der Waals surface area contributed by atoms with E-state index in [-0.39, 0.29) is 18.3 Å². The smallest absolute Gasteiger partial charge is 0.232 e. The van der Waals surface area contributed by atoms with Crippen LogP contribution in [0.1, 0.15) is 0 Å². The molecule has 0 amide bonds. The highest BCUT2D eigenvalue weighted by Gasteiger charge is 2.06. The third kappa shape index (κ3) is 2.87. The Labute approximate surface area is 93.7 Å². The first-order chi connectivity index (χ1) is 6.54. The molecule has 0 bridgehead atoms. The number of hydrogen-bond acceptors (Lipinski definition) is 3. The van der Waals surface area contributed by atoms with Gasteiger partial charge in [0.15, 0.2) is 0 Å². The summed E-state index contributed by atoms with van der Waals surface area (Å²) in [7, 11) is -3.27. The van der Waals surface area contributed by atoms with Gasteiger partial charge in [-0.2, -0.15) is 0 Å². The Bertz CT molecular complexity index is 528. The second-order valence-corrected chi connectivity index (χ2v) is 4.77. The lowest BCUT2D eigenvalue weighted by atomic mass is 10.3. The van der Waals surface area contributed by atoms with Crippen LogP contribution in [0.3, 0.4) is 0 Å². The highest BCUT2D eigenvalue weighted by atomic mass is 35.5. The largest absolute Gasteiger partial charge is 0.440 e. The van der Waals surface area contributed by atoms with Crippen molar-refractivity contribution >= 4 is 39.3 Å². The number of anilines is 1. The van der Waals surface area contributed by atoms with Crippen LogP contribution in [0, 0.1) is 0 Å². The molecule has 1 aromatic heterocycles. The van der Waals surface area contributed by atoms with Crippen molar-refractivity contribution < 1.29 is 12.8 Å². The van der Waals surface area contributed by atoms with Crippen LogP contribution in [-0.2, 0) is 10.0 Å². The van der Waals surface area contributed by atoms with Crippen molar-refractivity contribution in [1.82, 2.24) is 0 Å². The van der Waals surface area contributed by atoms with E-state index >= 15 is 0 Å². The first kappa shape index (κ1) is 11.9. The third-order valence-electron chi connectivity index (χ3n) is 1.71. The molecule has 0 aliphatic rings. The van der Waals surface area contributed by atoms with Crippen molar-refractivity contribution in [3.05, 3.63) is 30.3 Å². The number of fused-ring (bicyclic) bond motifs is 1. The standard InChI is InChI=1S/C9H9NO3S.ClH/c1-14(11,12)10-9-6-7-4-2-3-5-8(7)13-9;/h2-6,10H,1H3;1H. The van der Waals surface area contributed by atoms with Crippen molar-refractivity contribution in [3.8, 4) is 0 Å². The van der Waals surface area contributed by atoms with E-state index in [1.54, 1.807) is 12.1 Å². The Morgan fingerprint density at radius 2 is 1.93 bits per heavy atom. The summed E-state index contributed by atoms with van der Waals surface area (Å²) in [6, 6.07) is 8.98. The molecule has 0 saturated carbocycles. The highest BCUT2D eigenvalue weighted by Crippen LogP contribution is 2.22. The molecular weight excluding hydrogens is 238 g/mol. The van der Waals surface area contributed by atoms with Gasteiger partial charge in [-0.3, -0.25) is 4.72 Å². The normalized spacial score (nSPS) is 11.0. The molecule has 82 valence electrons. The summed E-state index contributed by atoms with van der Waals surface area (Å²) in [5.41, 5.74) is 0.665. The molecule has 2 aromatic rings. The maximum atomic E-state index is 10.9. The van der Waals surface area contributed by atoms with Crippen LogP contribution < -0.4 is 4.72 Å². The Morgan fingerprint density at radius 3 is 2.53 bits per heavy atom. The van der Waals surface area contributed by atoms with E-state index in [4.69, 9.17) is 4.42 Å². The van der Waals surface area contributed by atoms with E-state index in [0.29, 0.717) is 5.58 Å². The minimum atomic E-state index is -3.27. The third-order valence-corrected chi connectivity index (χ3v) is 2.28. The zero-order valence-electron chi connectivity index (χ0n) is 7.93. The van der Waals surface area contributed by atoms with Crippen LogP contribution in [0.5, 0.6) is 0 Å². The lowest BCUT2D eigenvalue weighted by Crippen LogP contribution is -2.08. The van der Waals surface area contributed by atoms with Gasteiger partial charge >= 0.3 is 0 Å². The van der Waals surface area contributed by atoms with Crippen molar-refractivity contribution in [3.63, 3.8) is 0 Å². The van der Waals surface area contributed by atoms with E-state index in [9.17, 15) is 8.42 Å². The topological polar surface area (TPSA) is 59.3 Å². The molecule has 0 radical (unpaired) electrons. The van der Waals surface area contributed by atoms with E-state index in [1.807, 2.05) is 18.2 Å². The van der Waals surface area contributed by atoms with E-state index in [2.05, 4.69) is 4.72 Å². The van der Waals surface area contributed by atoms with Gasteiger partial charge in [-0.25, -0.2) is 8.42 Å². The molecular formula is C9H10ClNO3S. The number of halogens is 1. The second-order valence-electron chi connectivity index (χ2n) is 3.02. The van der Waals surface area contributed by atoms with Gasteiger partial charge in [-0.05, 0) is 6.07 Å². The van der Waals surface area contributed by atoms with E-state index in [1.165, 1.54) is 0 Å². The molecule has 4 nitrogen and oxygen atoms in total. The van der Waals surface area contributed by atoms with E-state index < -0.39 is 10.0 Å². The SMILES string of the molecule is CS(=O)(=O)Nc1cc2ccccc2o1.Cl. The average molecular weight is 248 g/mol. The minimum absolute atomic E-state index is 0. The maximum absolute atomic E-state index is 10.9. The number of rotatable bonds is 2. The number of sulfonamides is 1. The van der Waals surface area contributed by atoms with Gasteiger partial charge in [0, 0.05) is 11.5 Å². The number of benzene rings is 1. The fourth-order valence-corrected chi connectivity index (χ4v) is 1.68. The molecule has 0 atom stereocenters. The second kappa shape index (κ2) is 4.12. The van der Waals surface area contributed by atoms with Crippen molar-refractivity contribution in [2.75, 3.05) is 11.0 Å². The Kier molecular flexibility index (Phi) is 3.26. The van der Waals surface area contributed by atoms with Crippen LogP contribution in [0.25, 0.3) is 11.0 Å². The van der Waals surface area contributed by atoms with Gasteiger partial charge < -0.3 is 4.42 Å². The van der Waals surface area contributed by atoms with Gasteiger partial charge in [0.1, 0.15) is 5.58 Å². The lowest BCUT2D eigenvalue weighted by molar-refractivity contribution is 0.599. The Hall–Kier alpha value is -1.20. The predicted molar refractivity (Wildman–Crippen MR) is 61.9 cm³/mol. The van der Waals surface area contributed by atoms with Crippen LogP contribution >= 0.6 is 12.4 Å². The van der Waals surface area contributed by atoms with Crippen LogP contribution in [0.15, 0.2) is 34.7 Å². The van der Waals surface area contributed by atoms with Crippen LogP contribution in [0.2, 0.25) is 0 Å². The summed E-state index contributed by atoms with van der Waals surface area (Å²) >= 11 is 0. The average Bonchev–Trinajstić information content (AvgIpc) is 2.42. The van der Waals surface area contributed by atoms with Crippen molar-refractivity contribution in [1.29, 1.82) is 0 Å². The zero-order chi connectivity index (χ0) is 10.2. The highest BCUT2D eigenvalue weighted by molar-refractivity contribution is 7.92. The maximum Gasteiger partial charge on any atom is 0.232 e.